The largest absolute Gasteiger partial charge is 0.442 e. The molecule has 0 amide bonds. The van der Waals surface area contributed by atoms with Crippen LogP contribution in [0, 0.1) is 0 Å². The fraction of sp³-hybridized carbons (Fsp3) is 0.625. The van der Waals surface area contributed by atoms with Crippen LogP contribution in [0.15, 0.2) is 23.9 Å². The molecule has 1 unspecified atom stereocenters. The summed E-state index contributed by atoms with van der Waals surface area (Å²) in [5, 5.41) is 17.3. The van der Waals surface area contributed by atoms with Crippen molar-refractivity contribution in [2.24, 2.45) is 0 Å². The molecule has 6 nitrogen and oxygen atoms in total. The number of nitrogens with zero attached hydrogens (tertiary/aromatic N) is 2. The summed E-state index contributed by atoms with van der Waals surface area (Å²) >= 11 is 0. The number of ether oxygens (including phenoxy) is 1. The second-order valence-electron chi connectivity index (χ2n) is 6.53. The topological polar surface area (TPSA) is 76.4 Å². The minimum absolute atomic E-state index is 0.333. The van der Waals surface area contributed by atoms with E-state index >= 15 is 0 Å². The molecule has 2 heterocycles. The predicted molar refractivity (Wildman–Crippen MR) is 83.8 cm³/mol. The molecular formula is C16H25N3O3. The molecule has 1 aliphatic heterocycles. The molecule has 0 radical (unpaired) electrons. The van der Waals surface area contributed by atoms with Crippen molar-refractivity contribution in [3.8, 4) is 0 Å². The molecule has 1 aromatic rings. The van der Waals surface area contributed by atoms with E-state index in [0.717, 1.165) is 43.6 Å². The van der Waals surface area contributed by atoms with Gasteiger partial charge in [0.05, 0.1) is 11.8 Å². The number of nitrogens with one attached hydrogen (secondary N) is 1. The molecule has 1 aliphatic rings. The average molecular weight is 307 g/mol. The second-order valence-corrected chi connectivity index (χ2v) is 6.53. The Morgan fingerprint density at radius 3 is 3.05 bits per heavy atom. The third kappa shape index (κ3) is 4.96. The van der Waals surface area contributed by atoms with E-state index in [4.69, 9.17) is 4.74 Å². The first-order valence-corrected chi connectivity index (χ1v) is 7.71. The highest BCUT2D eigenvalue weighted by Crippen LogP contribution is 2.12. The van der Waals surface area contributed by atoms with Crippen molar-refractivity contribution in [2.75, 3.05) is 13.1 Å². The second kappa shape index (κ2) is 7.07. The van der Waals surface area contributed by atoms with Crippen LogP contribution in [0.3, 0.4) is 0 Å². The van der Waals surface area contributed by atoms with Crippen molar-refractivity contribution in [3.63, 3.8) is 0 Å². The Kier molecular flexibility index (Phi) is 5.37. The summed E-state index contributed by atoms with van der Waals surface area (Å²) in [7, 11) is 0. The number of carbonyl (C=O) groups excluding carboxylic acids is 1. The van der Waals surface area contributed by atoms with E-state index in [2.05, 4.69) is 16.5 Å². The van der Waals surface area contributed by atoms with Gasteiger partial charge in [0.25, 0.3) is 0 Å². The van der Waals surface area contributed by atoms with Gasteiger partial charge >= 0.3 is 6.09 Å². The molecule has 2 rings (SSSR count). The van der Waals surface area contributed by atoms with Crippen molar-refractivity contribution in [1.82, 2.24) is 15.1 Å². The van der Waals surface area contributed by atoms with Crippen LogP contribution in [0.1, 0.15) is 39.3 Å². The highest BCUT2D eigenvalue weighted by Gasteiger charge is 2.18. The average Bonchev–Trinajstić information content (AvgIpc) is 2.88. The zero-order chi connectivity index (χ0) is 16.2. The molecule has 122 valence electrons. The van der Waals surface area contributed by atoms with E-state index in [-0.39, 0.29) is 6.10 Å². The van der Waals surface area contributed by atoms with Crippen LogP contribution in [0.2, 0.25) is 0 Å². The van der Waals surface area contributed by atoms with Gasteiger partial charge in [-0.2, -0.15) is 9.78 Å². The van der Waals surface area contributed by atoms with Crippen molar-refractivity contribution in [2.45, 2.75) is 51.7 Å². The van der Waals surface area contributed by atoms with E-state index in [1.807, 2.05) is 26.8 Å². The molecule has 0 aromatic carbocycles. The van der Waals surface area contributed by atoms with Crippen molar-refractivity contribution >= 4 is 6.09 Å². The summed E-state index contributed by atoms with van der Waals surface area (Å²) in [4.78, 5) is 11.9. The summed E-state index contributed by atoms with van der Waals surface area (Å²) < 4.78 is 6.49. The molecule has 1 fully saturated rings. The zero-order valence-corrected chi connectivity index (χ0v) is 13.5. The lowest BCUT2D eigenvalue weighted by atomic mass is 10.0. The quantitative estimate of drug-likeness (QED) is 0.834. The first kappa shape index (κ1) is 16.7. The zero-order valence-electron chi connectivity index (χ0n) is 13.5. The SMILES string of the molecule is CC(C)(C)OC(=O)n1ccc(CC/C=C2\CNCCC2O)n1. The number of aromatic nitrogens is 2. The standard InChI is InChI=1S/C16H25N3O3/c1-16(2,3)22-15(21)19-10-8-13(18-19)6-4-5-12-11-17-9-7-14(12)20/h5,8,10,14,17,20H,4,6-7,9,11H2,1-3H3/b12-5+. The predicted octanol–water partition coefficient (Wildman–Crippen LogP) is 1.88. The third-order valence-corrected chi connectivity index (χ3v) is 3.38. The van der Waals surface area contributed by atoms with Crippen LogP contribution in [0.25, 0.3) is 0 Å². The molecule has 0 spiro atoms. The highest BCUT2D eigenvalue weighted by molar-refractivity contribution is 5.69. The van der Waals surface area contributed by atoms with Gasteiger partial charge in [0, 0.05) is 12.7 Å². The maximum absolute atomic E-state index is 11.9. The van der Waals surface area contributed by atoms with Gasteiger partial charge < -0.3 is 15.2 Å². The Hall–Kier alpha value is -1.66. The first-order chi connectivity index (χ1) is 10.3. The van der Waals surface area contributed by atoms with Crippen LogP contribution >= 0.6 is 0 Å². The van der Waals surface area contributed by atoms with Crippen LogP contribution in [0.5, 0.6) is 0 Å². The van der Waals surface area contributed by atoms with Gasteiger partial charge in [-0.1, -0.05) is 6.08 Å². The van der Waals surface area contributed by atoms with Crippen molar-refractivity contribution in [1.29, 1.82) is 0 Å². The van der Waals surface area contributed by atoms with Crippen molar-refractivity contribution < 1.29 is 14.6 Å². The highest BCUT2D eigenvalue weighted by atomic mass is 16.6. The number of aryl methyl sites for hydroxylation is 1. The third-order valence-electron chi connectivity index (χ3n) is 3.38. The number of rotatable bonds is 3. The monoisotopic (exact) mass is 307 g/mol. The molecule has 6 heteroatoms. The summed E-state index contributed by atoms with van der Waals surface area (Å²) in [6, 6.07) is 1.82. The molecule has 1 atom stereocenters. The van der Waals surface area contributed by atoms with Crippen LogP contribution in [0.4, 0.5) is 4.79 Å². The lowest BCUT2D eigenvalue weighted by Gasteiger charge is -2.21. The lowest BCUT2D eigenvalue weighted by molar-refractivity contribution is 0.0514. The van der Waals surface area contributed by atoms with Gasteiger partial charge in [-0.25, -0.2) is 4.79 Å². The van der Waals surface area contributed by atoms with Gasteiger partial charge in [0.1, 0.15) is 5.60 Å². The smallest absolute Gasteiger partial charge is 0.435 e. The molecule has 2 N–H and O–H groups in total. The number of carbonyl (C=O) groups is 1. The number of hydrogen-bond donors (Lipinski definition) is 2. The molecular weight excluding hydrogens is 282 g/mol. The fourth-order valence-corrected chi connectivity index (χ4v) is 2.29. The van der Waals surface area contributed by atoms with E-state index in [1.54, 1.807) is 6.20 Å². The number of allylic oxidation sites excluding steroid dienone is 1. The van der Waals surface area contributed by atoms with Crippen LogP contribution in [-0.4, -0.2) is 45.8 Å². The molecule has 0 saturated carbocycles. The van der Waals surface area contributed by atoms with Crippen molar-refractivity contribution in [3.05, 3.63) is 29.6 Å². The summed E-state index contributed by atoms with van der Waals surface area (Å²) in [6.45, 7) is 7.08. The number of piperidine rings is 1. The van der Waals surface area contributed by atoms with Crippen LogP contribution in [-0.2, 0) is 11.2 Å². The summed E-state index contributed by atoms with van der Waals surface area (Å²) in [5.41, 5.74) is 1.34. The maximum Gasteiger partial charge on any atom is 0.435 e. The minimum Gasteiger partial charge on any atom is -0.442 e. The van der Waals surface area contributed by atoms with E-state index in [1.165, 1.54) is 4.68 Å². The lowest BCUT2D eigenvalue weighted by Crippen LogP contribution is -2.33. The molecule has 0 bridgehead atoms. The Balaban J connectivity index is 1.87. The Morgan fingerprint density at radius 1 is 1.59 bits per heavy atom. The van der Waals surface area contributed by atoms with Gasteiger partial charge in [-0.3, -0.25) is 0 Å². The van der Waals surface area contributed by atoms with Gasteiger partial charge in [0.15, 0.2) is 0 Å². The van der Waals surface area contributed by atoms with Crippen LogP contribution < -0.4 is 5.32 Å². The minimum atomic E-state index is -0.530. The van der Waals surface area contributed by atoms with Gasteiger partial charge in [0.2, 0.25) is 0 Å². The summed E-state index contributed by atoms with van der Waals surface area (Å²) in [5.74, 6) is 0. The van der Waals surface area contributed by atoms with E-state index < -0.39 is 11.7 Å². The molecule has 0 aliphatic carbocycles. The maximum atomic E-state index is 11.9. The Labute approximate surface area is 131 Å². The van der Waals surface area contributed by atoms with Gasteiger partial charge in [-0.05, 0) is 58.2 Å². The number of aliphatic hydroxyl groups is 1. The Bertz CT molecular complexity index is 543. The summed E-state index contributed by atoms with van der Waals surface area (Å²) in [6.07, 6.45) is 5.16. The van der Waals surface area contributed by atoms with E-state index in [9.17, 15) is 9.90 Å². The fourth-order valence-electron chi connectivity index (χ4n) is 2.29. The van der Waals surface area contributed by atoms with E-state index in [0.29, 0.717) is 0 Å². The number of hydrogen-bond acceptors (Lipinski definition) is 5. The molecule has 1 saturated heterocycles. The van der Waals surface area contributed by atoms with Gasteiger partial charge in [-0.15, -0.1) is 0 Å². The first-order valence-electron chi connectivity index (χ1n) is 7.71. The Morgan fingerprint density at radius 2 is 2.36 bits per heavy atom. The normalized spacial score (nSPS) is 21.1. The molecule has 22 heavy (non-hydrogen) atoms. The number of aliphatic hydroxyl groups excluding tert-OH is 1. The molecule has 1 aromatic heterocycles.